The quantitative estimate of drug-likeness (QED) is 0.721. The van der Waals surface area contributed by atoms with Gasteiger partial charge in [-0.25, -0.2) is 4.79 Å². The number of carbonyl (C=O) groups is 2. The molecule has 2 aliphatic rings. The second-order valence-electron chi connectivity index (χ2n) is 6.69. The Bertz CT molecular complexity index is 387. The van der Waals surface area contributed by atoms with Crippen molar-refractivity contribution in [2.75, 3.05) is 20.2 Å². The van der Waals surface area contributed by atoms with Crippen molar-refractivity contribution in [1.29, 1.82) is 0 Å². The molecule has 1 amide bonds. The van der Waals surface area contributed by atoms with Gasteiger partial charge < -0.3 is 14.4 Å². The van der Waals surface area contributed by atoms with E-state index in [-0.39, 0.29) is 17.5 Å². The Morgan fingerprint density at radius 2 is 2.05 bits per heavy atom. The van der Waals surface area contributed by atoms with Crippen molar-refractivity contribution in [1.82, 2.24) is 4.90 Å². The van der Waals surface area contributed by atoms with Crippen molar-refractivity contribution in [2.24, 2.45) is 11.3 Å². The van der Waals surface area contributed by atoms with Gasteiger partial charge in [-0.3, -0.25) is 4.79 Å². The van der Waals surface area contributed by atoms with Crippen LogP contribution in [0.4, 0.5) is 4.79 Å². The second kappa shape index (κ2) is 4.69. The molecule has 19 heavy (non-hydrogen) atoms. The number of likely N-dealkylation sites (tertiary alicyclic amines) is 1. The highest BCUT2D eigenvalue weighted by molar-refractivity contribution is 5.71. The third kappa shape index (κ3) is 3.19. The van der Waals surface area contributed by atoms with Crippen molar-refractivity contribution >= 4 is 12.1 Å². The lowest BCUT2D eigenvalue weighted by Gasteiger charge is -2.32. The van der Waals surface area contributed by atoms with E-state index in [9.17, 15) is 9.59 Å². The summed E-state index contributed by atoms with van der Waals surface area (Å²) in [6.45, 7) is 6.98. The van der Waals surface area contributed by atoms with E-state index in [1.165, 1.54) is 7.11 Å². The number of hydrogen-bond donors (Lipinski definition) is 0. The average Bonchev–Trinajstić information content (AvgIpc) is 2.99. The van der Waals surface area contributed by atoms with Crippen molar-refractivity contribution in [3.05, 3.63) is 0 Å². The highest BCUT2D eigenvalue weighted by atomic mass is 16.6. The van der Waals surface area contributed by atoms with E-state index in [1.807, 2.05) is 20.8 Å². The number of hydrogen-bond acceptors (Lipinski definition) is 4. The van der Waals surface area contributed by atoms with Crippen LogP contribution in [0.3, 0.4) is 0 Å². The van der Waals surface area contributed by atoms with E-state index in [4.69, 9.17) is 9.47 Å². The molecule has 2 unspecified atom stereocenters. The lowest BCUT2D eigenvalue weighted by atomic mass is 9.92. The van der Waals surface area contributed by atoms with E-state index in [2.05, 4.69) is 0 Å². The normalized spacial score (nSPS) is 29.5. The Morgan fingerprint density at radius 3 is 2.58 bits per heavy atom. The number of ether oxygens (including phenoxy) is 2. The largest absolute Gasteiger partial charge is 0.469 e. The highest BCUT2D eigenvalue weighted by Gasteiger charge is 2.58. The number of methoxy groups -OCH3 is 1. The second-order valence-corrected chi connectivity index (χ2v) is 6.69. The zero-order chi connectivity index (χ0) is 14.3. The predicted octanol–water partition coefficient (Wildman–Crippen LogP) is 2.20. The van der Waals surface area contributed by atoms with Gasteiger partial charge in [0.05, 0.1) is 13.5 Å². The maximum Gasteiger partial charge on any atom is 0.410 e. The van der Waals surface area contributed by atoms with Crippen molar-refractivity contribution in [3.63, 3.8) is 0 Å². The first-order chi connectivity index (χ1) is 8.76. The van der Waals surface area contributed by atoms with Gasteiger partial charge in [0.1, 0.15) is 5.60 Å². The molecule has 2 atom stereocenters. The fourth-order valence-corrected chi connectivity index (χ4v) is 2.87. The Hall–Kier alpha value is -1.26. The molecule has 0 bridgehead atoms. The molecule has 1 saturated heterocycles. The van der Waals surface area contributed by atoms with Crippen LogP contribution in [0.5, 0.6) is 0 Å². The third-order valence-electron chi connectivity index (χ3n) is 4.05. The molecular formula is C14H23NO4. The molecular weight excluding hydrogens is 246 g/mol. The van der Waals surface area contributed by atoms with E-state index >= 15 is 0 Å². The molecule has 0 aromatic carbocycles. The molecule has 1 saturated carbocycles. The maximum atomic E-state index is 12.0. The van der Waals surface area contributed by atoms with Crippen LogP contribution >= 0.6 is 0 Å². The molecule has 0 aromatic rings. The smallest absolute Gasteiger partial charge is 0.410 e. The van der Waals surface area contributed by atoms with Gasteiger partial charge in [-0.05, 0) is 44.9 Å². The zero-order valence-electron chi connectivity index (χ0n) is 12.2. The summed E-state index contributed by atoms with van der Waals surface area (Å²) >= 11 is 0. The minimum absolute atomic E-state index is 0.0889. The standard InChI is InChI=1S/C14H23NO4/c1-13(2,3)19-12(17)15-6-5-14(7-10(14)9-15)8-11(16)18-4/h10H,5-9H2,1-4H3. The third-order valence-corrected chi connectivity index (χ3v) is 4.05. The fourth-order valence-electron chi connectivity index (χ4n) is 2.87. The number of nitrogens with zero attached hydrogens (tertiary/aromatic N) is 1. The van der Waals surface area contributed by atoms with Gasteiger partial charge in [-0.2, -0.15) is 0 Å². The Balaban J connectivity index is 1.86. The minimum Gasteiger partial charge on any atom is -0.469 e. The van der Waals surface area contributed by atoms with E-state index in [0.717, 1.165) is 12.8 Å². The van der Waals surface area contributed by atoms with Crippen LogP contribution in [0.2, 0.25) is 0 Å². The summed E-state index contributed by atoms with van der Waals surface area (Å²) in [5.74, 6) is 0.279. The highest BCUT2D eigenvalue weighted by Crippen LogP contribution is 2.60. The van der Waals surface area contributed by atoms with Crippen LogP contribution in [0.1, 0.15) is 40.0 Å². The number of fused-ring (bicyclic) bond motifs is 1. The summed E-state index contributed by atoms with van der Waals surface area (Å²) in [6.07, 6.45) is 2.12. The van der Waals surface area contributed by atoms with Gasteiger partial charge >= 0.3 is 12.1 Å². The molecule has 108 valence electrons. The number of carbonyl (C=O) groups excluding carboxylic acids is 2. The van der Waals surface area contributed by atoms with Gasteiger partial charge in [-0.15, -0.1) is 0 Å². The van der Waals surface area contributed by atoms with Crippen LogP contribution in [0, 0.1) is 11.3 Å². The molecule has 5 nitrogen and oxygen atoms in total. The fraction of sp³-hybridized carbons (Fsp3) is 0.857. The van der Waals surface area contributed by atoms with Crippen LogP contribution in [-0.2, 0) is 14.3 Å². The van der Waals surface area contributed by atoms with Gasteiger partial charge in [0.25, 0.3) is 0 Å². The molecule has 0 radical (unpaired) electrons. The molecule has 2 rings (SSSR count). The van der Waals surface area contributed by atoms with Crippen LogP contribution in [-0.4, -0.2) is 42.8 Å². The van der Waals surface area contributed by atoms with Crippen molar-refractivity contribution < 1.29 is 19.1 Å². The van der Waals surface area contributed by atoms with Gasteiger partial charge in [-0.1, -0.05) is 0 Å². The summed E-state index contributed by atoms with van der Waals surface area (Å²) in [5, 5.41) is 0. The van der Waals surface area contributed by atoms with E-state index < -0.39 is 5.60 Å². The Morgan fingerprint density at radius 1 is 1.37 bits per heavy atom. The first kappa shape index (κ1) is 14.2. The van der Waals surface area contributed by atoms with Crippen molar-refractivity contribution in [3.8, 4) is 0 Å². The number of esters is 1. The topological polar surface area (TPSA) is 55.8 Å². The van der Waals surface area contributed by atoms with Gasteiger partial charge in [0.15, 0.2) is 0 Å². The number of piperidine rings is 1. The van der Waals surface area contributed by atoms with Crippen LogP contribution < -0.4 is 0 Å². The Kier molecular flexibility index (Phi) is 3.49. The summed E-state index contributed by atoms with van der Waals surface area (Å²) < 4.78 is 10.1. The molecule has 1 aliphatic heterocycles. The lowest BCUT2D eigenvalue weighted by Crippen LogP contribution is -2.42. The van der Waals surface area contributed by atoms with Crippen LogP contribution in [0.15, 0.2) is 0 Å². The van der Waals surface area contributed by atoms with E-state index in [1.54, 1.807) is 4.90 Å². The monoisotopic (exact) mass is 269 g/mol. The molecule has 5 heteroatoms. The molecule has 0 N–H and O–H groups in total. The molecule has 0 aromatic heterocycles. The summed E-state index contributed by atoms with van der Waals surface area (Å²) in [4.78, 5) is 25.1. The first-order valence-electron chi connectivity index (χ1n) is 6.80. The minimum atomic E-state index is -0.457. The SMILES string of the molecule is COC(=O)CC12CCN(C(=O)OC(C)(C)C)CC1C2. The predicted molar refractivity (Wildman–Crippen MR) is 69.6 cm³/mol. The Labute approximate surface area is 114 Å². The average molecular weight is 269 g/mol. The molecule has 2 fully saturated rings. The number of amides is 1. The maximum absolute atomic E-state index is 12.0. The summed E-state index contributed by atoms with van der Waals surface area (Å²) in [6, 6.07) is 0. The first-order valence-corrected chi connectivity index (χ1v) is 6.80. The van der Waals surface area contributed by atoms with Crippen molar-refractivity contribution in [2.45, 2.75) is 45.6 Å². The van der Waals surface area contributed by atoms with E-state index in [0.29, 0.717) is 25.4 Å². The molecule has 1 heterocycles. The van der Waals surface area contributed by atoms with Crippen LogP contribution in [0.25, 0.3) is 0 Å². The van der Waals surface area contributed by atoms with Gasteiger partial charge in [0.2, 0.25) is 0 Å². The summed E-state index contributed by atoms with van der Waals surface area (Å²) in [5.41, 5.74) is -0.368. The molecule has 0 spiro atoms. The number of rotatable bonds is 2. The molecule has 1 aliphatic carbocycles. The summed E-state index contributed by atoms with van der Waals surface area (Å²) in [7, 11) is 1.42. The lowest BCUT2D eigenvalue weighted by molar-refractivity contribution is -0.142. The van der Waals surface area contributed by atoms with Gasteiger partial charge in [0, 0.05) is 13.1 Å². The zero-order valence-corrected chi connectivity index (χ0v) is 12.2.